The van der Waals surface area contributed by atoms with Gasteiger partial charge in [-0.05, 0) is 37.8 Å². The van der Waals surface area contributed by atoms with Crippen LogP contribution in [-0.4, -0.2) is 52.4 Å². The van der Waals surface area contributed by atoms with Gasteiger partial charge in [0, 0.05) is 19.1 Å². The molecule has 2 aromatic rings. The second-order valence-electron chi connectivity index (χ2n) is 8.70. The van der Waals surface area contributed by atoms with Crippen LogP contribution in [0.15, 0.2) is 18.3 Å². The van der Waals surface area contributed by atoms with Crippen LogP contribution in [0.3, 0.4) is 0 Å². The van der Waals surface area contributed by atoms with Crippen LogP contribution in [-0.2, 0) is 4.79 Å². The van der Waals surface area contributed by atoms with Crippen LogP contribution >= 0.6 is 0 Å². The number of aromatic nitrogens is 3. The minimum absolute atomic E-state index is 0.0630. The number of ether oxygens (including phenoxy) is 1. The van der Waals surface area contributed by atoms with E-state index in [0.717, 1.165) is 19.0 Å². The fraction of sp³-hybridized carbons (Fsp3) is 0.524. The molecule has 1 fully saturated rings. The maximum absolute atomic E-state index is 12.5. The van der Waals surface area contributed by atoms with E-state index in [4.69, 9.17) is 0 Å². The number of carbonyl (C=O) groups excluding carboxylic acids is 1. The molecule has 0 unspecified atom stereocenters. The molecule has 12 heteroatoms. The van der Waals surface area contributed by atoms with Crippen molar-refractivity contribution in [1.29, 1.82) is 0 Å². The number of nitrogens with zero attached hydrogens (tertiary/aromatic N) is 4. The molecule has 33 heavy (non-hydrogen) atoms. The zero-order valence-electron chi connectivity index (χ0n) is 18.7. The van der Waals surface area contributed by atoms with Gasteiger partial charge in [-0.3, -0.25) is 4.79 Å². The van der Waals surface area contributed by atoms with E-state index >= 15 is 0 Å². The average Bonchev–Trinajstić information content (AvgIpc) is 2.67. The number of carbonyl (C=O) groups is 1. The highest BCUT2D eigenvalue weighted by Crippen LogP contribution is 2.35. The van der Waals surface area contributed by atoms with Crippen molar-refractivity contribution in [3.05, 3.63) is 24.0 Å². The molecule has 1 aliphatic carbocycles. The van der Waals surface area contributed by atoms with E-state index in [9.17, 15) is 18.0 Å². The van der Waals surface area contributed by atoms with E-state index in [0.29, 0.717) is 29.0 Å². The minimum atomic E-state index is -4.74. The van der Waals surface area contributed by atoms with E-state index in [2.05, 4.69) is 35.6 Å². The Bertz CT molecular complexity index is 1020. The van der Waals surface area contributed by atoms with Crippen molar-refractivity contribution in [3.8, 4) is 5.75 Å². The topological polar surface area (TPSA) is 104 Å². The van der Waals surface area contributed by atoms with Crippen LogP contribution in [0.5, 0.6) is 5.75 Å². The molecule has 2 aromatic heterocycles. The quantitative estimate of drug-likeness (QED) is 0.595. The van der Waals surface area contributed by atoms with Gasteiger partial charge in [-0.2, -0.15) is 4.98 Å². The van der Waals surface area contributed by atoms with Crippen LogP contribution in [0.4, 0.5) is 36.4 Å². The number of pyridine rings is 1. The van der Waals surface area contributed by atoms with Gasteiger partial charge in [-0.1, -0.05) is 13.8 Å². The number of rotatable bonds is 6. The second-order valence-corrected chi connectivity index (χ2v) is 8.70. The number of fused-ring (bicyclic) bond motifs is 1. The first-order chi connectivity index (χ1) is 15.5. The molecule has 9 nitrogen and oxygen atoms in total. The molecule has 0 aromatic carbocycles. The lowest BCUT2D eigenvalue weighted by Crippen LogP contribution is -2.50. The Morgan fingerprint density at radius 1 is 1.18 bits per heavy atom. The Balaban J connectivity index is 1.35. The van der Waals surface area contributed by atoms with E-state index in [1.807, 2.05) is 32.7 Å². The first-order valence-electron chi connectivity index (χ1n) is 10.7. The molecule has 3 heterocycles. The molecule has 0 radical (unpaired) electrons. The molecule has 0 bridgehead atoms. The van der Waals surface area contributed by atoms with Crippen molar-refractivity contribution in [2.24, 2.45) is 5.92 Å². The normalized spacial score (nSPS) is 22.4. The highest BCUT2D eigenvalue weighted by Gasteiger charge is 2.36. The van der Waals surface area contributed by atoms with Gasteiger partial charge in [0.15, 0.2) is 5.82 Å². The lowest BCUT2D eigenvalue weighted by molar-refractivity contribution is -0.274. The summed E-state index contributed by atoms with van der Waals surface area (Å²) in [4.78, 5) is 27.4. The van der Waals surface area contributed by atoms with Gasteiger partial charge >= 0.3 is 6.36 Å². The maximum atomic E-state index is 12.5. The molecule has 3 N–H and O–H groups in total. The van der Waals surface area contributed by atoms with E-state index in [-0.39, 0.29) is 35.7 Å². The Kier molecular flexibility index (Phi) is 5.93. The molecule has 178 valence electrons. The number of alkyl halides is 3. The smallest absolute Gasteiger partial charge is 0.404 e. The number of aryl methyl sites for hydroxylation is 1. The number of likely N-dealkylation sites (N-methyl/N-ethyl adjacent to an activating group) is 1. The lowest BCUT2D eigenvalue weighted by Gasteiger charge is -2.38. The van der Waals surface area contributed by atoms with E-state index < -0.39 is 6.36 Å². The zero-order valence-corrected chi connectivity index (χ0v) is 18.7. The summed E-state index contributed by atoms with van der Waals surface area (Å²) in [5.41, 5.74) is 1.31. The van der Waals surface area contributed by atoms with Crippen LogP contribution in [0, 0.1) is 12.8 Å². The lowest BCUT2D eigenvalue weighted by atomic mass is 9.87. The number of hydrogen-bond acceptors (Lipinski definition) is 8. The molecular weight excluding hydrogens is 439 g/mol. The van der Waals surface area contributed by atoms with Crippen molar-refractivity contribution < 1.29 is 22.7 Å². The third-order valence-electron chi connectivity index (χ3n) is 5.76. The Morgan fingerprint density at radius 2 is 1.88 bits per heavy atom. The maximum Gasteiger partial charge on any atom is 0.573 e. The zero-order chi connectivity index (χ0) is 23.9. The fourth-order valence-corrected chi connectivity index (χ4v) is 4.18. The first kappa shape index (κ1) is 22.9. The molecule has 1 atom stereocenters. The number of amides is 1. The fourth-order valence-electron chi connectivity index (χ4n) is 4.18. The molecule has 2 aliphatic rings. The summed E-state index contributed by atoms with van der Waals surface area (Å²) >= 11 is 0. The molecule has 1 aliphatic heterocycles. The van der Waals surface area contributed by atoms with Gasteiger partial charge in [0.05, 0.1) is 11.9 Å². The summed E-state index contributed by atoms with van der Waals surface area (Å²) in [6, 6.07) is 2.62. The summed E-state index contributed by atoms with van der Waals surface area (Å²) in [5, 5.41) is 9.45. The third-order valence-corrected chi connectivity index (χ3v) is 5.76. The van der Waals surface area contributed by atoms with Gasteiger partial charge in [0.1, 0.15) is 23.3 Å². The largest absolute Gasteiger partial charge is 0.573 e. The van der Waals surface area contributed by atoms with Crippen LogP contribution < -0.4 is 25.6 Å². The van der Waals surface area contributed by atoms with Gasteiger partial charge in [-0.25, -0.2) is 9.97 Å². The summed E-state index contributed by atoms with van der Waals surface area (Å²) in [7, 11) is 1.86. The molecule has 0 saturated heterocycles. The number of anilines is 4. The van der Waals surface area contributed by atoms with Crippen molar-refractivity contribution in [1.82, 2.24) is 15.0 Å². The van der Waals surface area contributed by atoms with Gasteiger partial charge in [0.25, 0.3) is 0 Å². The van der Waals surface area contributed by atoms with Crippen LogP contribution in [0.2, 0.25) is 0 Å². The Morgan fingerprint density at radius 3 is 2.48 bits per heavy atom. The van der Waals surface area contributed by atoms with E-state index in [1.54, 1.807) is 0 Å². The third kappa shape index (κ3) is 5.04. The standard InChI is InChI=1S/C21H26F3N7O2/c1-10(2)17-19(32)29-16-11(3)26-20(30-18(16)31(17)4)28-13-7-12(8-13)27-15-6-5-14(9-25-15)33-21(22,23)24/h5-6,9-10,12-13,17H,7-8H2,1-4H3,(H,25,27)(H,29,32)(H,26,28,30)/t12-,13+,17-/m0/s1. The highest BCUT2D eigenvalue weighted by molar-refractivity contribution is 6.03. The van der Waals surface area contributed by atoms with Crippen LogP contribution in [0.25, 0.3) is 0 Å². The van der Waals surface area contributed by atoms with Gasteiger partial charge in [-0.15, -0.1) is 13.2 Å². The van der Waals surface area contributed by atoms with Crippen molar-refractivity contribution >= 4 is 29.2 Å². The number of hydrogen-bond donors (Lipinski definition) is 3. The summed E-state index contributed by atoms with van der Waals surface area (Å²) in [6.45, 7) is 5.82. The predicted octanol–water partition coefficient (Wildman–Crippen LogP) is 3.55. The van der Waals surface area contributed by atoms with Crippen molar-refractivity contribution in [2.45, 2.75) is 58.1 Å². The Hall–Kier alpha value is -3.31. The summed E-state index contributed by atoms with van der Waals surface area (Å²) in [5.74, 6) is 1.35. The number of nitrogens with one attached hydrogen (secondary N) is 3. The summed E-state index contributed by atoms with van der Waals surface area (Å²) < 4.78 is 40.6. The molecule has 1 amide bonds. The minimum Gasteiger partial charge on any atom is -0.404 e. The van der Waals surface area contributed by atoms with Gasteiger partial charge in [0.2, 0.25) is 11.9 Å². The van der Waals surface area contributed by atoms with E-state index in [1.165, 1.54) is 12.1 Å². The monoisotopic (exact) mass is 465 g/mol. The van der Waals surface area contributed by atoms with Gasteiger partial charge < -0.3 is 25.6 Å². The molecule has 4 rings (SSSR count). The SMILES string of the molecule is Cc1nc(N[C@H]2C[C@@H](Nc3ccc(OC(F)(F)F)cn3)C2)nc2c1NC(=O)[C@H](C(C)C)N2C. The number of halogens is 3. The Labute approximate surface area is 189 Å². The summed E-state index contributed by atoms with van der Waals surface area (Å²) in [6.07, 6.45) is -2.17. The van der Waals surface area contributed by atoms with Crippen LogP contribution in [0.1, 0.15) is 32.4 Å². The molecule has 0 spiro atoms. The van der Waals surface area contributed by atoms with Crippen molar-refractivity contribution in [2.75, 3.05) is 27.9 Å². The van der Waals surface area contributed by atoms with Crippen molar-refractivity contribution in [3.63, 3.8) is 0 Å². The first-order valence-corrected chi connectivity index (χ1v) is 10.7. The molecular formula is C21H26F3N7O2. The highest BCUT2D eigenvalue weighted by atomic mass is 19.4. The molecule has 1 saturated carbocycles. The predicted molar refractivity (Wildman–Crippen MR) is 117 cm³/mol. The average molecular weight is 465 g/mol. The second kappa shape index (κ2) is 8.56.